The largest absolute Gasteiger partial charge is 0.289 e. The summed E-state index contributed by atoms with van der Waals surface area (Å²) in [4.78, 5) is 26.6. The van der Waals surface area contributed by atoms with Gasteiger partial charge >= 0.3 is 0 Å². The number of thiophene rings is 1. The van der Waals surface area contributed by atoms with Gasteiger partial charge < -0.3 is 0 Å². The lowest BCUT2D eigenvalue weighted by Gasteiger charge is -2.23. The molecule has 25 heavy (non-hydrogen) atoms. The third-order valence-electron chi connectivity index (χ3n) is 5.27. The molecule has 0 saturated heterocycles. The van der Waals surface area contributed by atoms with Gasteiger partial charge in [0.1, 0.15) is 0 Å². The van der Waals surface area contributed by atoms with E-state index in [9.17, 15) is 9.59 Å². The van der Waals surface area contributed by atoms with Crippen LogP contribution in [0.3, 0.4) is 0 Å². The number of fused-ring (bicyclic) bond motifs is 4. The smallest absolute Gasteiger partial charge is 0.194 e. The van der Waals surface area contributed by atoms with E-state index in [1.54, 1.807) is 11.3 Å². The molecule has 1 heterocycles. The molecule has 4 aromatic rings. The molecule has 0 unspecified atom stereocenters. The predicted molar refractivity (Wildman–Crippen MR) is 102 cm³/mol. The Morgan fingerprint density at radius 3 is 1.92 bits per heavy atom. The Kier molecular flexibility index (Phi) is 2.83. The van der Waals surface area contributed by atoms with Crippen molar-refractivity contribution < 1.29 is 9.59 Å². The van der Waals surface area contributed by atoms with Crippen molar-refractivity contribution in [3.63, 3.8) is 0 Å². The number of ketones is 2. The maximum atomic E-state index is 13.3. The molecule has 3 heteroatoms. The summed E-state index contributed by atoms with van der Waals surface area (Å²) in [5.74, 6) is -0.0738. The van der Waals surface area contributed by atoms with E-state index in [0.717, 1.165) is 32.0 Å². The summed E-state index contributed by atoms with van der Waals surface area (Å²) in [6, 6.07) is 13.7. The molecule has 1 aliphatic rings. The molecule has 120 valence electrons. The van der Waals surface area contributed by atoms with Crippen molar-refractivity contribution in [3.05, 3.63) is 81.2 Å². The summed E-state index contributed by atoms with van der Waals surface area (Å²) in [5.41, 5.74) is 4.00. The van der Waals surface area contributed by atoms with E-state index in [-0.39, 0.29) is 11.6 Å². The molecule has 0 amide bonds. The van der Waals surface area contributed by atoms with E-state index in [1.807, 2.05) is 61.7 Å². The Labute approximate surface area is 148 Å². The standard InChI is InChI=1S/C22H14O2S/c1-11-14-5-3-4-6-15(14)12(2)20-19(11)21(23)16-9-13-7-8-25-18(13)10-17(16)22(20)24/h3-10H,1-2H3. The van der Waals surface area contributed by atoms with E-state index < -0.39 is 0 Å². The number of carbonyl (C=O) groups excluding carboxylic acids is 2. The Bertz CT molecular complexity index is 1150. The molecule has 0 saturated carbocycles. The highest BCUT2D eigenvalue weighted by atomic mass is 32.1. The van der Waals surface area contributed by atoms with Crippen LogP contribution in [-0.4, -0.2) is 11.6 Å². The van der Waals surface area contributed by atoms with Crippen LogP contribution in [0, 0.1) is 13.8 Å². The maximum absolute atomic E-state index is 13.3. The van der Waals surface area contributed by atoms with E-state index in [2.05, 4.69) is 0 Å². The second-order valence-electron chi connectivity index (χ2n) is 6.56. The van der Waals surface area contributed by atoms with Crippen molar-refractivity contribution in [2.75, 3.05) is 0 Å². The SMILES string of the molecule is Cc1c2c(c(C)c3ccccc13)C(=O)c1cc3sccc3cc1C2=O. The Hall–Kier alpha value is -2.78. The number of hydrogen-bond donors (Lipinski definition) is 0. The fourth-order valence-corrected chi connectivity index (χ4v) is 4.81. The zero-order valence-corrected chi connectivity index (χ0v) is 14.7. The second-order valence-corrected chi connectivity index (χ2v) is 7.51. The predicted octanol–water partition coefficient (Wildman–Crippen LogP) is 5.45. The first-order chi connectivity index (χ1) is 12.1. The molecule has 2 nitrogen and oxygen atoms in total. The van der Waals surface area contributed by atoms with Crippen LogP contribution >= 0.6 is 11.3 Å². The minimum atomic E-state index is -0.0379. The van der Waals surface area contributed by atoms with Crippen LogP contribution in [0.1, 0.15) is 43.0 Å². The quantitative estimate of drug-likeness (QED) is 0.375. The van der Waals surface area contributed by atoms with Gasteiger partial charge in [0.05, 0.1) is 0 Å². The lowest BCUT2D eigenvalue weighted by Crippen LogP contribution is -2.23. The Morgan fingerprint density at radius 1 is 0.760 bits per heavy atom. The molecular formula is C22H14O2S. The van der Waals surface area contributed by atoms with Gasteiger partial charge in [-0.05, 0) is 64.7 Å². The third kappa shape index (κ3) is 1.79. The number of hydrogen-bond acceptors (Lipinski definition) is 3. The van der Waals surface area contributed by atoms with Crippen molar-refractivity contribution in [1.82, 2.24) is 0 Å². The van der Waals surface area contributed by atoms with Crippen molar-refractivity contribution in [2.24, 2.45) is 0 Å². The minimum Gasteiger partial charge on any atom is -0.289 e. The first-order valence-electron chi connectivity index (χ1n) is 8.20. The molecule has 3 aromatic carbocycles. The average molecular weight is 342 g/mol. The zero-order valence-electron chi connectivity index (χ0n) is 13.8. The summed E-state index contributed by atoms with van der Waals surface area (Å²) in [6.07, 6.45) is 0. The van der Waals surface area contributed by atoms with Crippen LogP contribution in [0.4, 0.5) is 0 Å². The Balaban J connectivity index is 1.94. The molecule has 5 rings (SSSR count). The van der Waals surface area contributed by atoms with E-state index >= 15 is 0 Å². The van der Waals surface area contributed by atoms with E-state index in [0.29, 0.717) is 22.3 Å². The second kappa shape index (κ2) is 4.87. The fourth-order valence-electron chi connectivity index (χ4n) is 4.00. The highest BCUT2D eigenvalue weighted by Gasteiger charge is 2.33. The maximum Gasteiger partial charge on any atom is 0.194 e. The van der Waals surface area contributed by atoms with Crippen LogP contribution < -0.4 is 0 Å². The van der Waals surface area contributed by atoms with Crippen LogP contribution in [0.25, 0.3) is 20.9 Å². The molecule has 0 bridgehead atoms. The van der Waals surface area contributed by atoms with Gasteiger partial charge in [0.15, 0.2) is 11.6 Å². The molecule has 0 spiro atoms. The van der Waals surface area contributed by atoms with Gasteiger partial charge in [0.25, 0.3) is 0 Å². The summed E-state index contributed by atoms with van der Waals surface area (Å²) in [5, 5.41) is 5.09. The van der Waals surface area contributed by atoms with Gasteiger partial charge in [-0.15, -0.1) is 11.3 Å². The highest BCUT2D eigenvalue weighted by molar-refractivity contribution is 7.17. The van der Waals surface area contributed by atoms with Gasteiger partial charge in [-0.25, -0.2) is 0 Å². The first kappa shape index (κ1) is 14.6. The van der Waals surface area contributed by atoms with Crippen LogP contribution in [0.5, 0.6) is 0 Å². The van der Waals surface area contributed by atoms with E-state index in [4.69, 9.17) is 0 Å². The molecule has 0 atom stereocenters. The number of carbonyl (C=O) groups is 2. The lowest BCUT2D eigenvalue weighted by molar-refractivity contribution is 0.0978. The molecule has 1 aromatic heterocycles. The molecule has 0 N–H and O–H groups in total. The summed E-state index contributed by atoms with van der Waals surface area (Å²) in [6.45, 7) is 3.89. The molecule has 0 radical (unpaired) electrons. The van der Waals surface area contributed by atoms with Gasteiger partial charge in [-0.3, -0.25) is 9.59 Å². The summed E-state index contributed by atoms with van der Waals surface area (Å²) in [7, 11) is 0. The van der Waals surface area contributed by atoms with Crippen molar-refractivity contribution >= 4 is 43.8 Å². The van der Waals surface area contributed by atoms with E-state index in [1.165, 1.54) is 0 Å². The monoisotopic (exact) mass is 342 g/mol. The zero-order chi connectivity index (χ0) is 17.3. The van der Waals surface area contributed by atoms with Gasteiger partial charge in [-0.2, -0.15) is 0 Å². The third-order valence-corrected chi connectivity index (χ3v) is 6.15. The number of rotatable bonds is 0. The van der Waals surface area contributed by atoms with Crippen molar-refractivity contribution in [2.45, 2.75) is 13.8 Å². The van der Waals surface area contributed by atoms with Gasteiger partial charge in [0, 0.05) is 27.0 Å². The summed E-state index contributed by atoms with van der Waals surface area (Å²) < 4.78 is 1.04. The van der Waals surface area contributed by atoms with Crippen molar-refractivity contribution in [3.8, 4) is 0 Å². The average Bonchev–Trinajstić information content (AvgIpc) is 3.09. The number of aryl methyl sites for hydroxylation is 2. The van der Waals surface area contributed by atoms with Crippen molar-refractivity contribution in [1.29, 1.82) is 0 Å². The molecule has 0 fully saturated rings. The fraction of sp³-hybridized carbons (Fsp3) is 0.0909. The summed E-state index contributed by atoms with van der Waals surface area (Å²) >= 11 is 1.59. The van der Waals surface area contributed by atoms with Crippen LogP contribution in [0.15, 0.2) is 47.8 Å². The topological polar surface area (TPSA) is 34.1 Å². The molecular weight excluding hydrogens is 328 g/mol. The van der Waals surface area contributed by atoms with Gasteiger partial charge in [-0.1, -0.05) is 24.3 Å². The first-order valence-corrected chi connectivity index (χ1v) is 9.08. The molecule has 1 aliphatic carbocycles. The van der Waals surface area contributed by atoms with Gasteiger partial charge in [0.2, 0.25) is 0 Å². The number of benzene rings is 3. The lowest BCUT2D eigenvalue weighted by atomic mass is 9.77. The van der Waals surface area contributed by atoms with Crippen LogP contribution in [-0.2, 0) is 0 Å². The normalized spacial score (nSPS) is 13.4. The highest BCUT2D eigenvalue weighted by Crippen LogP contribution is 2.38. The minimum absolute atomic E-state index is 0.0359. The van der Waals surface area contributed by atoms with Crippen LogP contribution in [0.2, 0.25) is 0 Å². The Morgan fingerprint density at radius 2 is 1.32 bits per heavy atom. The molecule has 0 aliphatic heterocycles.